The van der Waals surface area contributed by atoms with Crippen molar-refractivity contribution in [1.82, 2.24) is 9.21 Å². The molecule has 0 radical (unpaired) electrons. The van der Waals surface area contributed by atoms with Crippen LogP contribution in [0.5, 0.6) is 0 Å². The van der Waals surface area contributed by atoms with Crippen LogP contribution < -0.4 is 0 Å². The van der Waals surface area contributed by atoms with Crippen LogP contribution >= 0.6 is 11.8 Å². The van der Waals surface area contributed by atoms with E-state index in [4.69, 9.17) is 0 Å². The van der Waals surface area contributed by atoms with Crippen LogP contribution in [0.1, 0.15) is 35.3 Å². The first kappa shape index (κ1) is 21.9. The van der Waals surface area contributed by atoms with E-state index in [0.29, 0.717) is 41.9 Å². The highest BCUT2D eigenvalue weighted by Gasteiger charge is 2.31. The number of sulfonamides is 1. The zero-order valence-corrected chi connectivity index (χ0v) is 19.0. The van der Waals surface area contributed by atoms with Gasteiger partial charge in [0.15, 0.2) is 0 Å². The molecule has 1 amide bonds. The van der Waals surface area contributed by atoms with Crippen molar-refractivity contribution in [1.29, 1.82) is 0 Å². The van der Waals surface area contributed by atoms with E-state index in [2.05, 4.69) is 13.8 Å². The molecule has 0 bridgehead atoms. The van der Waals surface area contributed by atoms with E-state index in [1.807, 2.05) is 50.2 Å². The molecule has 1 aliphatic heterocycles. The average Bonchev–Trinajstić information content (AvgIpc) is 2.67. The van der Waals surface area contributed by atoms with E-state index in [1.165, 1.54) is 4.31 Å². The smallest absolute Gasteiger partial charge is 0.255 e. The quantitative estimate of drug-likeness (QED) is 0.672. The molecular formula is C22H28N2O3S2. The van der Waals surface area contributed by atoms with E-state index in [0.717, 1.165) is 16.0 Å². The molecule has 0 saturated carbocycles. The molecule has 0 aromatic heterocycles. The van der Waals surface area contributed by atoms with Gasteiger partial charge in [-0.25, -0.2) is 8.42 Å². The summed E-state index contributed by atoms with van der Waals surface area (Å²) in [7, 11) is -3.56. The molecule has 156 valence electrons. The van der Waals surface area contributed by atoms with Crippen molar-refractivity contribution in [2.45, 2.75) is 42.7 Å². The molecule has 3 rings (SSSR count). The Bertz CT molecular complexity index is 995. The second-order valence-electron chi connectivity index (χ2n) is 7.63. The number of carbonyl (C=O) groups excluding carboxylic acids is 1. The monoisotopic (exact) mass is 432 g/mol. The van der Waals surface area contributed by atoms with Gasteiger partial charge in [-0.15, -0.1) is 11.8 Å². The van der Waals surface area contributed by atoms with Crippen molar-refractivity contribution in [3.8, 4) is 0 Å². The lowest BCUT2D eigenvalue weighted by Gasteiger charge is -2.34. The summed E-state index contributed by atoms with van der Waals surface area (Å²) in [5, 5.41) is 0.378. The lowest BCUT2D eigenvalue weighted by molar-refractivity contribution is 0.0694. The summed E-state index contributed by atoms with van der Waals surface area (Å²) in [6, 6.07) is 13.0. The molecule has 7 heteroatoms. The number of hydrogen-bond acceptors (Lipinski definition) is 4. The van der Waals surface area contributed by atoms with Crippen molar-refractivity contribution >= 4 is 27.7 Å². The molecule has 1 heterocycles. The molecule has 0 spiro atoms. The Hall–Kier alpha value is -1.83. The van der Waals surface area contributed by atoms with Crippen LogP contribution in [0.25, 0.3) is 0 Å². The molecular weight excluding hydrogens is 404 g/mol. The second-order valence-corrected chi connectivity index (χ2v) is 11.2. The lowest BCUT2D eigenvalue weighted by atomic mass is 10.2. The third-order valence-corrected chi connectivity index (χ3v) is 8.09. The molecule has 1 fully saturated rings. The number of rotatable bonds is 5. The van der Waals surface area contributed by atoms with Crippen molar-refractivity contribution in [3.05, 3.63) is 59.2 Å². The van der Waals surface area contributed by atoms with Crippen LogP contribution in [0.15, 0.2) is 52.3 Å². The molecule has 29 heavy (non-hydrogen) atoms. The standard InChI is InChI=1S/C22H28N2O3S2/c1-16(2)28-20-8-6-5-7-19(20)22(25)23-11-13-24(14-12-23)29(26,27)21-10-9-17(3)15-18(21)4/h5-10,15-16H,11-14H2,1-4H3. The van der Waals surface area contributed by atoms with Gasteiger partial charge in [-0.05, 0) is 37.6 Å². The van der Waals surface area contributed by atoms with Crippen LogP contribution in [0.3, 0.4) is 0 Å². The molecule has 0 N–H and O–H groups in total. The van der Waals surface area contributed by atoms with Gasteiger partial charge in [0.05, 0.1) is 10.5 Å². The summed E-state index contributed by atoms with van der Waals surface area (Å²) < 4.78 is 27.6. The first-order valence-electron chi connectivity index (χ1n) is 9.82. The normalized spacial score (nSPS) is 15.7. The zero-order valence-electron chi connectivity index (χ0n) is 17.4. The summed E-state index contributed by atoms with van der Waals surface area (Å²) in [5.41, 5.74) is 2.48. The Morgan fingerprint density at radius 2 is 1.66 bits per heavy atom. The Labute approximate surface area is 178 Å². The molecule has 0 unspecified atom stereocenters. The van der Waals surface area contributed by atoms with Crippen molar-refractivity contribution in [3.63, 3.8) is 0 Å². The molecule has 5 nitrogen and oxygen atoms in total. The number of hydrogen-bond donors (Lipinski definition) is 0. The van der Waals surface area contributed by atoms with E-state index in [-0.39, 0.29) is 5.91 Å². The summed E-state index contributed by atoms with van der Waals surface area (Å²) >= 11 is 1.67. The van der Waals surface area contributed by atoms with Crippen LogP contribution in [-0.4, -0.2) is 55.0 Å². The predicted octanol–water partition coefficient (Wildman–Crippen LogP) is 3.95. The third-order valence-electron chi connectivity index (χ3n) is 4.95. The summed E-state index contributed by atoms with van der Waals surface area (Å²) in [4.78, 5) is 16.1. The third kappa shape index (κ3) is 4.85. The van der Waals surface area contributed by atoms with Gasteiger partial charge in [0, 0.05) is 36.3 Å². The number of benzene rings is 2. The Balaban J connectivity index is 1.73. The number of carbonyl (C=O) groups is 1. The maximum atomic E-state index is 13.1. The van der Waals surface area contributed by atoms with Crippen LogP contribution in [0.2, 0.25) is 0 Å². The van der Waals surface area contributed by atoms with Crippen LogP contribution in [0.4, 0.5) is 0 Å². The number of thioether (sulfide) groups is 1. The maximum absolute atomic E-state index is 13.1. The van der Waals surface area contributed by atoms with Gasteiger partial charge in [0.2, 0.25) is 10.0 Å². The Morgan fingerprint density at radius 1 is 1.00 bits per heavy atom. The minimum atomic E-state index is -3.56. The summed E-state index contributed by atoms with van der Waals surface area (Å²) in [6.45, 7) is 9.37. The minimum Gasteiger partial charge on any atom is -0.336 e. The van der Waals surface area contributed by atoms with Gasteiger partial charge in [-0.1, -0.05) is 43.7 Å². The highest BCUT2D eigenvalue weighted by atomic mass is 32.2. The van der Waals surface area contributed by atoms with Gasteiger partial charge in [0.25, 0.3) is 5.91 Å². The number of nitrogens with zero attached hydrogens (tertiary/aromatic N) is 2. The highest BCUT2D eigenvalue weighted by molar-refractivity contribution is 8.00. The van der Waals surface area contributed by atoms with E-state index < -0.39 is 10.0 Å². The summed E-state index contributed by atoms with van der Waals surface area (Å²) in [5.74, 6) is -0.0303. The van der Waals surface area contributed by atoms with Crippen molar-refractivity contribution in [2.75, 3.05) is 26.2 Å². The Morgan fingerprint density at radius 3 is 2.28 bits per heavy atom. The van der Waals surface area contributed by atoms with E-state index in [1.54, 1.807) is 22.7 Å². The number of amides is 1. The topological polar surface area (TPSA) is 57.7 Å². The lowest BCUT2D eigenvalue weighted by Crippen LogP contribution is -2.50. The second kappa shape index (κ2) is 8.90. The SMILES string of the molecule is Cc1ccc(S(=O)(=O)N2CCN(C(=O)c3ccccc3SC(C)C)CC2)c(C)c1. The first-order chi connectivity index (χ1) is 13.7. The average molecular weight is 433 g/mol. The molecule has 2 aromatic carbocycles. The summed E-state index contributed by atoms with van der Waals surface area (Å²) in [6.07, 6.45) is 0. The van der Waals surface area contributed by atoms with Gasteiger partial charge in [-0.3, -0.25) is 4.79 Å². The molecule has 0 atom stereocenters. The molecule has 2 aromatic rings. The predicted molar refractivity (Wildman–Crippen MR) is 118 cm³/mol. The van der Waals surface area contributed by atoms with Gasteiger partial charge in [0.1, 0.15) is 0 Å². The molecule has 1 saturated heterocycles. The number of piperazine rings is 1. The zero-order chi connectivity index (χ0) is 21.2. The fourth-order valence-electron chi connectivity index (χ4n) is 3.53. The van der Waals surface area contributed by atoms with Gasteiger partial charge in [-0.2, -0.15) is 4.31 Å². The molecule has 0 aliphatic carbocycles. The number of aryl methyl sites for hydroxylation is 2. The van der Waals surface area contributed by atoms with E-state index in [9.17, 15) is 13.2 Å². The largest absolute Gasteiger partial charge is 0.336 e. The van der Waals surface area contributed by atoms with Crippen molar-refractivity contribution < 1.29 is 13.2 Å². The van der Waals surface area contributed by atoms with Gasteiger partial charge >= 0.3 is 0 Å². The minimum absolute atomic E-state index is 0.0303. The first-order valence-corrected chi connectivity index (χ1v) is 12.1. The van der Waals surface area contributed by atoms with Gasteiger partial charge < -0.3 is 4.90 Å². The van der Waals surface area contributed by atoms with Crippen molar-refractivity contribution in [2.24, 2.45) is 0 Å². The van der Waals surface area contributed by atoms with Crippen LogP contribution in [-0.2, 0) is 10.0 Å². The highest BCUT2D eigenvalue weighted by Crippen LogP contribution is 2.28. The fraction of sp³-hybridized carbons (Fsp3) is 0.409. The molecule has 1 aliphatic rings. The maximum Gasteiger partial charge on any atom is 0.255 e. The van der Waals surface area contributed by atoms with E-state index >= 15 is 0 Å². The Kier molecular flexibility index (Phi) is 6.71. The fourth-order valence-corrected chi connectivity index (χ4v) is 6.11. The van der Waals surface area contributed by atoms with Crippen LogP contribution in [0, 0.1) is 13.8 Å².